The first-order valence-corrected chi connectivity index (χ1v) is 12.8. The number of hydrogen-bond acceptors (Lipinski definition) is 6. The molecule has 0 bridgehead atoms. The first-order valence-electron chi connectivity index (χ1n) is 12.8. The van der Waals surface area contributed by atoms with Gasteiger partial charge in [0.25, 0.3) is 0 Å². The summed E-state index contributed by atoms with van der Waals surface area (Å²) in [4.78, 5) is 14.4. The van der Waals surface area contributed by atoms with Gasteiger partial charge in [-0.2, -0.15) is 5.10 Å². The minimum absolute atomic E-state index is 0.0899. The molecule has 4 aromatic rings. The number of ether oxygens (including phenoxy) is 2. The second kappa shape index (κ2) is 8.73. The Labute approximate surface area is 209 Å². The van der Waals surface area contributed by atoms with Crippen LogP contribution < -0.4 is 9.64 Å². The monoisotopic (exact) mass is 492 g/mol. The molecule has 9 heteroatoms. The predicted octanol–water partition coefficient (Wildman–Crippen LogP) is 5.19. The Kier molecular flexibility index (Phi) is 5.63. The molecule has 2 aliphatic heterocycles. The van der Waals surface area contributed by atoms with Gasteiger partial charge >= 0.3 is 0 Å². The highest BCUT2D eigenvalue weighted by molar-refractivity contribution is 5.93. The Morgan fingerprint density at radius 1 is 1.25 bits per heavy atom. The minimum Gasteiger partial charge on any atom is -0.493 e. The van der Waals surface area contributed by atoms with Crippen molar-refractivity contribution < 1.29 is 13.9 Å². The van der Waals surface area contributed by atoms with Crippen molar-refractivity contribution in [3.8, 4) is 17.0 Å². The van der Waals surface area contributed by atoms with Gasteiger partial charge in [0.05, 0.1) is 37.7 Å². The number of pyridine rings is 2. The lowest BCUT2D eigenvalue weighted by molar-refractivity contribution is -0.114. The van der Waals surface area contributed by atoms with Crippen LogP contribution in [-0.2, 0) is 4.74 Å². The van der Waals surface area contributed by atoms with Crippen molar-refractivity contribution in [3.63, 3.8) is 0 Å². The van der Waals surface area contributed by atoms with Gasteiger partial charge in [-0.1, -0.05) is 20.8 Å². The van der Waals surface area contributed by atoms with Crippen LogP contribution in [0.25, 0.3) is 27.8 Å². The Bertz CT molecular complexity index is 1410. The number of fused-ring (bicyclic) bond motifs is 2. The van der Waals surface area contributed by atoms with E-state index in [0.717, 1.165) is 56.0 Å². The molecule has 0 aliphatic carbocycles. The number of anilines is 1. The molecular weight excluding hydrogens is 459 g/mol. The summed E-state index contributed by atoms with van der Waals surface area (Å²) in [6.07, 6.45) is 8.46. The van der Waals surface area contributed by atoms with E-state index in [0.29, 0.717) is 39.5 Å². The molecule has 2 saturated heterocycles. The molecule has 0 saturated carbocycles. The molecule has 1 N–H and O–H groups in total. The van der Waals surface area contributed by atoms with E-state index in [9.17, 15) is 0 Å². The van der Waals surface area contributed by atoms with Crippen LogP contribution >= 0.6 is 0 Å². The normalized spacial score (nSPS) is 18.3. The van der Waals surface area contributed by atoms with E-state index in [1.165, 1.54) is 12.7 Å². The highest BCUT2D eigenvalue weighted by Crippen LogP contribution is 2.41. The lowest BCUT2D eigenvalue weighted by atomic mass is 9.76. The van der Waals surface area contributed by atoms with Gasteiger partial charge in [-0.25, -0.2) is 18.9 Å². The predicted molar refractivity (Wildman–Crippen MR) is 137 cm³/mol. The van der Waals surface area contributed by atoms with E-state index in [-0.39, 0.29) is 11.7 Å². The van der Waals surface area contributed by atoms with Crippen LogP contribution in [0.1, 0.15) is 51.5 Å². The van der Waals surface area contributed by atoms with E-state index in [4.69, 9.17) is 9.47 Å². The van der Waals surface area contributed by atoms with Crippen molar-refractivity contribution in [2.24, 2.45) is 11.3 Å². The van der Waals surface area contributed by atoms with Gasteiger partial charge in [0, 0.05) is 35.7 Å². The van der Waals surface area contributed by atoms with E-state index in [1.54, 1.807) is 17.8 Å². The number of piperidine rings is 1. The van der Waals surface area contributed by atoms with Crippen LogP contribution in [0.15, 0.2) is 24.8 Å². The van der Waals surface area contributed by atoms with Gasteiger partial charge in [-0.15, -0.1) is 0 Å². The fourth-order valence-electron chi connectivity index (χ4n) is 5.98. The number of aromatic amines is 1. The minimum atomic E-state index is -0.245. The van der Waals surface area contributed by atoms with E-state index >= 15 is 4.39 Å². The summed E-state index contributed by atoms with van der Waals surface area (Å²) in [5.41, 5.74) is 4.30. The molecule has 6 rings (SSSR count). The summed E-state index contributed by atoms with van der Waals surface area (Å²) in [5.74, 6) is 1.57. The lowest BCUT2D eigenvalue weighted by Gasteiger charge is -2.43. The molecule has 190 valence electrons. The summed E-state index contributed by atoms with van der Waals surface area (Å²) in [7, 11) is 1.61. The maximum Gasteiger partial charge on any atom is 0.197 e. The third-order valence-electron chi connectivity index (χ3n) is 7.82. The molecule has 0 spiro atoms. The van der Waals surface area contributed by atoms with E-state index < -0.39 is 0 Å². The van der Waals surface area contributed by atoms with Crippen molar-refractivity contribution in [2.45, 2.75) is 46.0 Å². The first kappa shape index (κ1) is 23.2. The molecule has 0 atom stereocenters. The fourth-order valence-corrected chi connectivity index (χ4v) is 5.98. The molecule has 36 heavy (non-hydrogen) atoms. The zero-order valence-corrected chi connectivity index (χ0v) is 21.3. The Balaban J connectivity index is 1.35. The molecule has 6 heterocycles. The van der Waals surface area contributed by atoms with Crippen LogP contribution in [0.4, 0.5) is 10.2 Å². The number of nitrogens with one attached hydrogen (secondary N) is 1. The Morgan fingerprint density at radius 3 is 2.69 bits per heavy atom. The van der Waals surface area contributed by atoms with Crippen LogP contribution in [0, 0.1) is 17.2 Å². The van der Waals surface area contributed by atoms with Crippen LogP contribution in [-0.4, -0.2) is 58.0 Å². The highest BCUT2D eigenvalue weighted by atomic mass is 19.1. The fraction of sp³-hybridized carbons (Fsp3) is 0.519. The first-order chi connectivity index (χ1) is 17.4. The number of nitrogens with zero attached hydrogens (tertiary/aromatic N) is 5. The summed E-state index contributed by atoms with van der Waals surface area (Å²) < 4.78 is 28.9. The van der Waals surface area contributed by atoms with Gasteiger partial charge in [-0.3, -0.25) is 0 Å². The number of hydrogen-bond donors (Lipinski definition) is 1. The smallest absolute Gasteiger partial charge is 0.197 e. The number of halogens is 1. The average molecular weight is 493 g/mol. The molecule has 0 radical (unpaired) electrons. The summed E-state index contributed by atoms with van der Waals surface area (Å²) in [6.45, 7) is 9.87. The maximum atomic E-state index is 16.2. The summed E-state index contributed by atoms with van der Waals surface area (Å²) in [5, 5.41) is 4.90. The van der Waals surface area contributed by atoms with Crippen molar-refractivity contribution in [3.05, 3.63) is 36.2 Å². The van der Waals surface area contributed by atoms with Gasteiger partial charge < -0.3 is 19.4 Å². The Morgan fingerprint density at radius 2 is 2.03 bits per heavy atom. The molecular formula is C27H33FN6O2. The van der Waals surface area contributed by atoms with Crippen molar-refractivity contribution in [1.82, 2.24) is 24.6 Å². The molecule has 4 aromatic heterocycles. The molecule has 0 amide bonds. The maximum absolute atomic E-state index is 16.2. The SMILES string of the molecule is COc1cc(-c2[nH]c3cnc(N4CCC(CC5(C)COC5)CC4)c(F)c3c2C(C)C)cn2ncnc12. The zero-order chi connectivity index (χ0) is 25.0. The van der Waals surface area contributed by atoms with Crippen molar-refractivity contribution >= 4 is 22.4 Å². The van der Waals surface area contributed by atoms with Gasteiger partial charge in [-0.05, 0) is 42.7 Å². The number of methoxy groups -OCH3 is 1. The summed E-state index contributed by atoms with van der Waals surface area (Å²) >= 11 is 0. The third kappa shape index (κ3) is 3.80. The number of aromatic nitrogens is 5. The van der Waals surface area contributed by atoms with Crippen LogP contribution in [0.5, 0.6) is 5.75 Å². The number of H-pyrrole nitrogens is 1. The average Bonchev–Trinajstić information content (AvgIpc) is 3.48. The van der Waals surface area contributed by atoms with Crippen molar-refractivity contribution in [1.29, 1.82) is 0 Å². The van der Waals surface area contributed by atoms with Crippen LogP contribution in [0.3, 0.4) is 0 Å². The van der Waals surface area contributed by atoms with Gasteiger partial charge in [0.1, 0.15) is 6.33 Å². The highest BCUT2D eigenvalue weighted by Gasteiger charge is 2.37. The zero-order valence-electron chi connectivity index (χ0n) is 21.3. The number of rotatable bonds is 6. The molecule has 0 unspecified atom stereocenters. The second-order valence-corrected chi connectivity index (χ2v) is 11.0. The lowest BCUT2D eigenvalue weighted by Crippen LogP contribution is -2.43. The molecule has 0 aromatic carbocycles. The van der Waals surface area contributed by atoms with E-state index in [1.807, 2.05) is 12.3 Å². The van der Waals surface area contributed by atoms with Crippen molar-refractivity contribution in [2.75, 3.05) is 38.3 Å². The topological polar surface area (TPSA) is 80.6 Å². The molecule has 8 nitrogen and oxygen atoms in total. The van der Waals surface area contributed by atoms with Crippen LogP contribution in [0.2, 0.25) is 0 Å². The largest absolute Gasteiger partial charge is 0.493 e. The van der Waals surface area contributed by atoms with E-state index in [2.05, 4.69) is 45.7 Å². The standard InChI is InChI=1S/C27H33FN6O2/c1-16(2)21-22-19(32-24(21)18-9-20(35-4)25-30-15-31-34(25)12-18)11-29-26(23(22)28)33-7-5-17(6-8-33)10-27(3)13-36-14-27/h9,11-12,15-17,32H,5-8,10,13-14H2,1-4H3. The quantitative estimate of drug-likeness (QED) is 0.399. The third-order valence-corrected chi connectivity index (χ3v) is 7.82. The Hall–Kier alpha value is -3.20. The molecule has 2 fully saturated rings. The van der Waals surface area contributed by atoms with Gasteiger partial charge in [0.15, 0.2) is 23.0 Å². The second-order valence-electron chi connectivity index (χ2n) is 11.0. The summed E-state index contributed by atoms with van der Waals surface area (Å²) in [6, 6.07) is 1.92. The van der Waals surface area contributed by atoms with Gasteiger partial charge in [0.2, 0.25) is 0 Å². The molecule has 2 aliphatic rings.